The number of hydrogen-bond donors (Lipinski definition) is 2. The molecule has 4 nitrogen and oxygen atoms in total. The standard InChI is InChI=1S/C6H10N2O.CH4O/c1-6-2-3-8(7-6)4-5-9;1-2/h2-3,9H,4-5H2,1H3;2H,1H3. The lowest BCUT2D eigenvalue weighted by atomic mass is 10.5. The zero-order valence-electron chi connectivity index (χ0n) is 6.86. The Morgan fingerprint density at radius 2 is 2.18 bits per heavy atom. The first-order valence-corrected chi connectivity index (χ1v) is 3.38. The third-order valence-electron chi connectivity index (χ3n) is 1.10. The summed E-state index contributed by atoms with van der Waals surface area (Å²) in [6.45, 7) is 2.67. The van der Waals surface area contributed by atoms with Crippen molar-refractivity contribution >= 4 is 0 Å². The van der Waals surface area contributed by atoms with Crippen LogP contribution in [0.2, 0.25) is 0 Å². The molecular weight excluding hydrogens is 144 g/mol. The van der Waals surface area contributed by atoms with E-state index in [0.717, 1.165) is 12.8 Å². The maximum absolute atomic E-state index is 8.47. The highest BCUT2D eigenvalue weighted by atomic mass is 16.3. The molecule has 0 aliphatic rings. The van der Waals surface area contributed by atoms with Crippen LogP contribution in [0.5, 0.6) is 0 Å². The second-order valence-electron chi connectivity index (χ2n) is 1.94. The van der Waals surface area contributed by atoms with E-state index < -0.39 is 0 Å². The van der Waals surface area contributed by atoms with E-state index >= 15 is 0 Å². The average Bonchev–Trinajstić information content (AvgIpc) is 2.41. The lowest BCUT2D eigenvalue weighted by Gasteiger charge is -1.93. The summed E-state index contributed by atoms with van der Waals surface area (Å²) in [5.41, 5.74) is 0.989. The Balaban J connectivity index is 0.000000461. The van der Waals surface area contributed by atoms with Crippen molar-refractivity contribution < 1.29 is 10.2 Å². The molecule has 0 unspecified atom stereocenters. The van der Waals surface area contributed by atoms with Gasteiger partial charge < -0.3 is 10.2 Å². The van der Waals surface area contributed by atoms with Crippen LogP contribution in [0.1, 0.15) is 5.69 Å². The van der Waals surface area contributed by atoms with Gasteiger partial charge in [-0.25, -0.2) is 0 Å². The van der Waals surface area contributed by atoms with Gasteiger partial charge >= 0.3 is 0 Å². The third kappa shape index (κ3) is 3.75. The van der Waals surface area contributed by atoms with Crippen LogP contribution in [0.3, 0.4) is 0 Å². The Morgan fingerprint density at radius 1 is 1.55 bits per heavy atom. The van der Waals surface area contributed by atoms with Crippen molar-refractivity contribution in [2.24, 2.45) is 0 Å². The van der Waals surface area contributed by atoms with Gasteiger partial charge in [0.1, 0.15) is 0 Å². The lowest BCUT2D eigenvalue weighted by molar-refractivity contribution is 0.269. The molecule has 1 rings (SSSR count). The SMILES string of the molecule is CO.Cc1ccn(CCO)n1. The van der Waals surface area contributed by atoms with E-state index in [1.807, 2.05) is 19.2 Å². The number of aryl methyl sites for hydroxylation is 1. The maximum atomic E-state index is 8.47. The number of aliphatic hydroxyl groups is 2. The van der Waals surface area contributed by atoms with Gasteiger partial charge in [0.15, 0.2) is 0 Å². The number of hydrogen-bond acceptors (Lipinski definition) is 3. The zero-order chi connectivity index (χ0) is 8.69. The molecule has 2 N–H and O–H groups in total. The molecule has 1 aromatic heterocycles. The van der Waals surface area contributed by atoms with Crippen molar-refractivity contribution in [3.05, 3.63) is 18.0 Å². The highest BCUT2D eigenvalue weighted by molar-refractivity contribution is 4.94. The van der Waals surface area contributed by atoms with Crippen LogP contribution in [0.15, 0.2) is 12.3 Å². The second kappa shape index (κ2) is 5.88. The molecule has 1 heterocycles. The molecule has 0 fully saturated rings. The van der Waals surface area contributed by atoms with Crippen LogP contribution < -0.4 is 0 Å². The molecule has 0 amide bonds. The van der Waals surface area contributed by atoms with Crippen molar-refractivity contribution in [3.63, 3.8) is 0 Å². The molecule has 0 radical (unpaired) electrons. The summed E-state index contributed by atoms with van der Waals surface area (Å²) in [6, 6.07) is 1.91. The molecule has 64 valence electrons. The molecule has 11 heavy (non-hydrogen) atoms. The largest absolute Gasteiger partial charge is 0.400 e. The van der Waals surface area contributed by atoms with E-state index in [0.29, 0.717) is 6.54 Å². The van der Waals surface area contributed by atoms with E-state index in [1.165, 1.54) is 0 Å². The Morgan fingerprint density at radius 3 is 2.55 bits per heavy atom. The zero-order valence-corrected chi connectivity index (χ0v) is 6.86. The molecule has 0 atom stereocenters. The highest BCUT2D eigenvalue weighted by Gasteiger charge is 1.89. The Labute approximate surface area is 66.1 Å². The van der Waals surface area contributed by atoms with Crippen molar-refractivity contribution in [2.75, 3.05) is 13.7 Å². The van der Waals surface area contributed by atoms with E-state index in [-0.39, 0.29) is 6.61 Å². The first-order chi connectivity index (χ1) is 5.33. The van der Waals surface area contributed by atoms with Gasteiger partial charge in [-0.15, -0.1) is 0 Å². The number of aliphatic hydroxyl groups excluding tert-OH is 2. The molecule has 0 aromatic carbocycles. The second-order valence-corrected chi connectivity index (χ2v) is 1.94. The van der Waals surface area contributed by atoms with Crippen LogP contribution >= 0.6 is 0 Å². The van der Waals surface area contributed by atoms with Gasteiger partial charge in [0.05, 0.1) is 18.8 Å². The summed E-state index contributed by atoms with van der Waals surface area (Å²) in [5, 5.41) is 19.5. The van der Waals surface area contributed by atoms with E-state index in [4.69, 9.17) is 10.2 Å². The predicted octanol–water partition coefficient (Wildman–Crippen LogP) is -0.208. The molecule has 0 saturated carbocycles. The Bertz CT molecular complexity index is 186. The first-order valence-electron chi connectivity index (χ1n) is 3.38. The predicted molar refractivity (Wildman–Crippen MR) is 42.2 cm³/mol. The normalized spacial score (nSPS) is 8.73. The molecule has 0 aliphatic heterocycles. The van der Waals surface area contributed by atoms with Crippen LogP contribution in [-0.2, 0) is 6.54 Å². The summed E-state index contributed by atoms with van der Waals surface area (Å²) >= 11 is 0. The summed E-state index contributed by atoms with van der Waals surface area (Å²) in [7, 11) is 1.00. The van der Waals surface area contributed by atoms with Gasteiger partial charge in [-0.3, -0.25) is 4.68 Å². The monoisotopic (exact) mass is 158 g/mol. The molecule has 1 aromatic rings. The fraction of sp³-hybridized carbons (Fsp3) is 0.571. The topological polar surface area (TPSA) is 58.3 Å². The number of rotatable bonds is 2. The van der Waals surface area contributed by atoms with Crippen LogP contribution in [0, 0.1) is 6.92 Å². The summed E-state index contributed by atoms with van der Waals surface area (Å²) in [6.07, 6.45) is 1.85. The molecule has 0 saturated heterocycles. The molecule has 0 aliphatic carbocycles. The van der Waals surface area contributed by atoms with Crippen molar-refractivity contribution in [2.45, 2.75) is 13.5 Å². The average molecular weight is 158 g/mol. The van der Waals surface area contributed by atoms with Crippen LogP contribution in [0.4, 0.5) is 0 Å². The van der Waals surface area contributed by atoms with Gasteiger partial charge in [-0.1, -0.05) is 0 Å². The van der Waals surface area contributed by atoms with Crippen molar-refractivity contribution in [1.29, 1.82) is 0 Å². The summed E-state index contributed by atoms with van der Waals surface area (Å²) in [4.78, 5) is 0. The minimum atomic E-state index is 0.154. The van der Waals surface area contributed by atoms with Crippen molar-refractivity contribution in [1.82, 2.24) is 9.78 Å². The fourth-order valence-electron chi connectivity index (χ4n) is 0.690. The van der Waals surface area contributed by atoms with Crippen LogP contribution in [-0.4, -0.2) is 33.7 Å². The smallest absolute Gasteiger partial charge is 0.0640 e. The van der Waals surface area contributed by atoms with Gasteiger partial charge in [-0.2, -0.15) is 5.10 Å². The third-order valence-corrected chi connectivity index (χ3v) is 1.10. The minimum Gasteiger partial charge on any atom is -0.400 e. The van der Waals surface area contributed by atoms with Gasteiger partial charge in [0.2, 0.25) is 0 Å². The van der Waals surface area contributed by atoms with E-state index in [1.54, 1.807) is 4.68 Å². The molecule has 0 bridgehead atoms. The Hall–Kier alpha value is -0.870. The number of aromatic nitrogens is 2. The molecule has 0 spiro atoms. The highest BCUT2D eigenvalue weighted by Crippen LogP contribution is 1.90. The quantitative estimate of drug-likeness (QED) is 0.626. The number of nitrogens with zero attached hydrogens (tertiary/aromatic N) is 2. The van der Waals surface area contributed by atoms with Crippen molar-refractivity contribution in [3.8, 4) is 0 Å². The van der Waals surface area contributed by atoms with Crippen LogP contribution in [0.25, 0.3) is 0 Å². The van der Waals surface area contributed by atoms with Gasteiger partial charge in [0.25, 0.3) is 0 Å². The Kier molecular flexibility index (Phi) is 5.42. The summed E-state index contributed by atoms with van der Waals surface area (Å²) < 4.78 is 1.72. The maximum Gasteiger partial charge on any atom is 0.0640 e. The first kappa shape index (κ1) is 10.1. The van der Waals surface area contributed by atoms with Gasteiger partial charge in [0, 0.05) is 13.3 Å². The summed E-state index contributed by atoms with van der Waals surface area (Å²) in [5.74, 6) is 0. The van der Waals surface area contributed by atoms with Gasteiger partial charge in [-0.05, 0) is 13.0 Å². The lowest BCUT2D eigenvalue weighted by Crippen LogP contribution is -2.01. The van der Waals surface area contributed by atoms with E-state index in [2.05, 4.69) is 5.10 Å². The van der Waals surface area contributed by atoms with E-state index in [9.17, 15) is 0 Å². The molecular formula is C7H14N2O2. The minimum absolute atomic E-state index is 0.154. The fourth-order valence-corrected chi connectivity index (χ4v) is 0.690. The molecule has 4 heteroatoms.